The number of hydrogen-bond donors (Lipinski definition) is 1. The summed E-state index contributed by atoms with van der Waals surface area (Å²) in [5, 5.41) is 15.0. The quantitative estimate of drug-likeness (QED) is 0.492. The van der Waals surface area contributed by atoms with Crippen LogP contribution in [0.25, 0.3) is 22.3 Å². The lowest BCUT2D eigenvalue weighted by Gasteiger charge is -2.26. The van der Waals surface area contributed by atoms with Gasteiger partial charge in [-0.3, -0.25) is 14.5 Å². The molecule has 2 aromatic heterocycles. The number of aromatic nitrogens is 3. The Morgan fingerprint density at radius 2 is 2.03 bits per heavy atom. The highest BCUT2D eigenvalue weighted by Crippen LogP contribution is 2.32. The van der Waals surface area contributed by atoms with E-state index in [0.29, 0.717) is 28.9 Å². The predicted molar refractivity (Wildman–Crippen MR) is 121 cm³/mol. The van der Waals surface area contributed by atoms with Crippen molar-refractivity contribution >= 4 is 16.8 Å². The van der Waals surface area contributed by atoms with E-state index in [4.69, 9.17) is 9.84 Å². The van der Waals surface area contributed by atoms with Crippen LogP contribution < -0.4 is 4.74 Å². The standard InChI is InChI=1S/C25H30FN3O3/c1-15(2)29-21-12-19(23(31)13-17-7-4-5-10-22(17)30)14-27-25(21)24(28-29)18-8-6-9-20(11-18)32-16(3)26/h6,8-9,11-12,14-17,22,30H,4-5,7,10,13H2,1-3H3/t16?,17?,22-/m0/s1. The number of benzene rings is 1. The number of aliphatic hydroxyl groups excluding tert-OH is 1. The summed E-state index contributed by atoms with van der Waals surface area (Å²) in [4.78, 5) is 17.6. The number of ether oxygens (including phenoxy) is 1. The molecule has 32 heavy (non-hydrogen) atoms. The second-order valence-electron chi connectivity index (χ2n) is 8.91. The lowest BCUT2D eigenvalue weighted by Crippen LogP contribution is -2.26. The predicted octanol–water partition coefficient (Wildman–Crippen LogP) is 5.50. The highest BCUT2D eigenvalue weighted by Gasteiger charge is 2.26. The fraction of sp³-hybridized carbons (Fsp3) is 0.480. The van der Waals surface area contributed by atoms with Gasteiger partial charge in [0.1, 0.15) is 17.0 Å². The van der Waals surface area contributed by atoms with Gasteiger partial charge in [-0.2, -0.15) is 5.10 Å². The SMILES string of the molecule is CC(F)Oc1cccc(-c2nn(C(C)C)c3cc(C(=O)CC4CCCC[C@@H]4O)cnc23)c1. The molecule has 2 unspecified atom stereocenters. The Morgan fingerprint density at radius 3 is 2.75 bits per heavy atom. The average molecular weight is 440 g/mol. The zero-order valence-electron chi connectivity index (χ0n) is 18.8. The van der Waals surface area contributed by atoms with Crippen LogP contribution in [-0.4, -0.2) is 38.1 Å². The van der Waals surface area contributed by atoms with Crippen LogP contribution in [0.1, 0.15) is 69.3 Å². The molecule has 4 rings (SSSR count). The molecule has 7 heteroatoms. The van der Waals surface area contributed by atoms with Crippen molar-refractivity contribution in [2.75, 3.05) is 0 Å². The van der Waals surface area contributed by atoms with Crippen LogP contribution in [-0.2, 0) is 0 Å². The maximum absolute atomic E-state index is 13.3. The summed E-state index contributed by atoms with van der Waals surface area (Å²) in [5.41, 5.74) is 3.41. The van der Waals surface area contributed by atoms with E-state index in [-0.39, 0.29) is 17.7 Å². The molecule has 0 amide bonds. The second-order valence-corrected chi connectivity index (χ2v) is 8.91. The molecule has 170 valence electrons. The van der Waals surface area contributed by atoms with Crippen molar-refractivity contribution in [1.29, 1.82) is 0 Å². The Morgan fingerprint density at radius 1 is 1.25 bits per heavy atom. The van der Waals surface area contributed by atoms with Gasteiger partial charge < -0.3 is 9.84 Å². The minimum atomic E-state index is -1.41. The van der Waals surface area contributed by atoms with Crippen LogP contribution >= 0.6 is 0 Å². The average Bonchev–Trinajstić information content (AvgIpc) is 3.14. The van der Waals surface area contributed by atoms with Gasteiger partial charge in [0, 0.05) is 36.7 Å². The highest BCUT2D eigenvalue weighted by molar-refractivity contribution is 6.00. The summed E-state index contributed by atoms with van der Waals surface area (Å²) in [5.74, 6) is 0.427. The summed E-state index contributed by atoms with van der Waals surface area (Å²) in [7, 11) is 0. The van der Waals surface area contributed by atoms with Crippen molar-refractivity contribution in [3.63, 3.8) is 0 Å². The van der Waals surface area contributed by atoms with Gasteiger partial charge in [0.25, 0.3) is 0 Å². The lowest BCUT2D eigenvalue weighted by molar-refractivity contribution is 0.0583. The fourth-order valence-electron chi connectivity index (χ4n) is 4.45. The normalized spacial score (nSPS) is 19.9. The third-order valence-corrected chi connectivity index (χ3v) is 6.08. The maximum atomic E-state index is 13.3. The first-order chi connectivity index (χ1) is 15.3. The van der Waals surface area contributed by atoms with Crippen molar-refractivity contribution in [2.45, 2.75) is 71.4 Å². The summed E-state index contributed by atoms with van der Waals surface area (Å²) in [6.07, 6.45) is 3.84. The first kappa shape index (κ1) is 22.4. The van der Waals surface area contributed by atoms with Crippen molar-refractivity contribution in [3.8, 4) is 17.0 Å². The van der Waals surface area contributed by atoms with Gasteiger partial charge >= 0.3 is 0 Å². The lowest BCUT2D eigenvalue weighted by atomic mass is 9.82. The Balaban J connectivity index is 1.69. The summed E-state index contributed by atoms with van der Waals surface area (Å²) >= 11 is 0. The number of nitrogens with zero attached hydrogens (tertiary/aromatic N) is 3. The smallest absolute Gasteiger partial charge is 0.235 e. The van der Waals surface area contributed by atoms with Gasteiger partial charge in [-0.15, -0.1) is 0 Å². The molecule has 1 fully saturated rings. The maximum Gasteiger partial charge on any atom is 0.235 e. The van der Waals surface area contributed by atoms with Crippen LogP contribution in [0.4, 0.5) is 4.39 Å². The van der Waals surface area contributed by atoms with Crippen LogP contribution in [0.2, 0.25) is 0 Å². The van der Waals surface area contributed by atoms with Gasteiger partial charge in [-0.1, -0.05) is 25.0 Å². The van der Waals surface area contributed by atoms with E-state index >= 15 is 0 Å². The zero-order valence-corrected chi connectivity index (χ0v) is 18.8. The summed E-state index contributed by atoms with van der Waals surface area (Å²) in [6.45, 7) is 5.38. The van der Waals surface area contributed by atoms with E-state index in [9.17, 15) is 14.3 Å². The van der Waals surface area contributed by atoms with E-state index < -0.39 is 12.5 Å². The molecule has 6 nitrogen and oxygen atoms in total. The van der Waals surface area contributed by atoms with Crippen LogP contribution in [0, 0.1) is 5.92 Å². The first-order valence-corrected chi connectivity index (χ1v) is 11.3. The minimum Gasteiger partial charge on any atom is -0.461 e. The molecule has 2 heterocycles. The molecule has 3 aromatic rings. The Labute approximate surface area is 187 Å². The number of Topliss-reactive ketones (excluding diaryl/α,β-unsaturated/α-hetero) is 1. The molecule has 0 radical (unpaired) electrons. The van der Waals surface area contributed by atoms with Crippen molar-refractivity contribution in [2.24, 2.45) is 5.92 Å². The summed E-state index contributed by atoms with van der Waals surface area (Å²) < 4.78 is 20.3. The topological polar surface area (TPSA) is 77.2 Å². The number of aliphatic hydroxyl groups is 1. The number of pyridine rings is 1. The van der Waals surface area contributed by atoms with Crippen LogP contribution in [0.3, 0.4) is 0 Å². The number of hydrogen-bond acceptors (Lipinski definition) is 5. The Kier molecular flexibility index (Phi) is 6.55. The van der Waals surface area contributed by atoms with Crippen LogP contribution in [0.5, 0.6) is 5.75 Å². The molecule has 1 saturated carbocycles. The number of carbonyl (C=O) groups is 1. The van der Waals surface area contributed by atoms with Crippen molar-refractivity contribution < 1.29 is 19.0 Å². The van der Waals surface area contributed by atoms with Crippen LogP contribution in [0.15, 0.2) is 36.5 Å². The molecule has 1 aromatic carbocycles. The summed E-state index contributed by atoms with van der Waals surface area (Å²) in [6, 6.07) is 9.02. The highest BCUT2D eigenvalue weighted by atomic mass is 19.1. The van der Waals surface area contributed by atoms with Gasteiger partial charge in [0.05, 0.1) is 11.6 Å². The molecular weight excluding hydrogens is 409 g/mol. The number of fused-ring (bicyclic) bond motifs is 1. The van der Waals surface area contributed by atoms with Crippen molar-refractivity contribution in [3.05, 3.63) is 42.1 Å². The molecular formula is C25H30FN3O3. The van der Waals surface area contributed by atoms with Gasteiger partial charge in [-0.25, -0.2) is 4.39 Å². The Hall–Kier alpha value is -2.80. The second kappa shape index (κ2) is 9.36. The Bertz CT molecular complexity index is 1110. The third kappa shape index (κ3) is 4.67. The number of ketones is 1. The molecule has 1 aliphatic carbocycles. The first-order valence-electron chi connectivity index (χ1n) is 11.3. The fourth-order valence-corrected chi connectivity index (χ4v) is 4.45. The third-order valence-electron chi connectivity index (χ3n) is 6.08. The number of rotatable bonds is 7. The molecule has 1 aliphatic rings. The van der Waals surface area contributed by atoms with E-state index in [2.05, 4.69) is 4.98 Å². The number of carbonyl (C=O) groups excluding carboxylic acids is 1. The monoisotopic (exact) mass is 439 g/mol. The van der Waals surface area contributed by atoms with Gasteiger partial charge in [0.15, 0.2) is 5.78 Å². The largest absolute Gasteiger partial charge is 0.461 e. The minimum absolute atomic E-state index is 0.00395. The molecule has 0 spiro atoms. The zero-order chi connectivity index (χ0) is 22.8. The number of alkyl halides is 1. The van der Waals surface area contributed by atoms with E-state index in [1.807, 2.05) is 30.7 Å². The molecule has 1 N–H and O–H groups in total. The molecule has 3 atom stereocenters. The van der Waals surface area contributed by atoms with Gasteiger partial charge in [0.2, 0.25) is 6.36 Å². The molecule has 0 aliphatic heterocycles. The van der Waals surface area contributed by atoms with E-state index in [0.717, 1.165) is 36.8 Å². The molecule has 0 saturated heterocycles. The van der Waals surface area contributed by atoms with Crippen molar-refractivity contribution in [1.82, 2.24) is 14.8 Å². The number of halogens is 1. The van der Waals surface area contributed by atoms with Gasteiger partial charge in [-0.05, 0) is 50.8 Å². The van der Waals surface area contributed by atoms with E-state index in [1.165, 1.54) is 6.92 Å². The van der Waals surface area contributed by atoms with E-state index in [1.54, 1.807) is 24.4 Å². The molecule has 0 bridgehead atoms.